The number of H-pyrrole nitrogens is 1. The Kier molecular flexibility index (Phi) is 5.32. The maximum absolute atomic E-state index is 12.3. The van der Waals surface area contributed by atoms with Gasteiger partial charge in [-0.2, -0.15) is 0 Å². The zero-order chi connectivity index (χ0) is 16.9. The zero-order valence-corrected chi connectivity index (χ0v) is 15.1. The molecule has 3 rings (SSSR count). The number of benzene rings is 1. The van der Waals surface area contributed by atoms with Gasteiger partial charge in [-0.05, 0) is 42.5 Å². The van der Waals surface area contributed by atoms with Gasteiger partial charge in [0, 0.05) is 5.69 Å². The summed E-state index contributed by atoms with van der Waals surface area (Å²) in [7, 11) is 0. The van der Waals surface area contributed by atoms with Gasteiger partial charge in [-0.25, -0.2) is 4.98 Å². The molecule has 124 valence electrons. The number of anilines is 1. The molecule has 24 heavy (non-hydrogen) atoms. The van der Waals surface area contributed by atoms with E-state index in [1.165, 1.54) is 17.3 Å². The normalized spacial score (nSPS) is 12.1. The molecule has 0 aliphatic rings. The summed E-state index contributed by atoms with van der Waals surface area (Å²) in [5, 5.41) is 12.3. The number of thioether (sulfide) groups is 1. The summed E-state index contributed by atoms with van der Waals surface area (Å²) < 4.78 is 0. The first-order valence-corrected chi connectivity index (χ1v) is 9.44. The Hall–Kier alpha value is -2.12. The van der Waals surface area contributed by atoms with Gasteiger partial charge in [-0.15, -0.1) is 16.4 Å². The van der Waals surface area contributed by atoms with Crippen molar-refractivity contribution in [2.24, 2.45) is 0 Å². The maximum Gasteiger partial charge on any atom is 0.237 e. The fourth-order valence-corrected chi connectivity index (χ4v) is 3.49. The summed E-state index contributed by atoms with van der Waals surface area (Å²) in [4.78, 5) is 17.8. The molecule has 0 radical (unpaired) electrons. The summed E-state index contributed by atoms with van der Waals surface area (Å²) in [6.45, 7) is 3.95. The number of hydrogen-bond acceptors (Lipinski definition) is 5. The van der Waals surface area contributed by atoms with Crippen LogP contribution in [0.5, 0.6) is 0 Å². The van der Waals surface area contributed by atoms with Crippen molar-refractivity contribution >= 4 is 34.7 Å². The second kappa shape index (κ2) is 7.63. The Labute approximate surface area is 148 Å². The van der Waals surface area contributed by atoms with E-state index in [2.05, 4.69) is 27.4 Å². The van der Waals surface area contributed by atoms with Crippen LogP contribution in [0.25, 0.3) is 10.7 Å². The van der Waals surface area contributed by atoms with Gasteiger partial charge in [0.05, 0.1) is 10.1 Å². The zero-order valence-electron chi connectivity index (χ0n) is 13.4. The van der Waals surface area contributed by atoms with E-state index < -0.39 is 0 Å². The molecule has 0 aliphatic heterocycles. The quantitative estimate of drug-likeness (QED) is 0.647. The van der Waals surface area contributed by atoms with Crippen LogP contribution in [0.4, 0.5) is 5.69 Å². The van der Waals surface area contributed by atoms with Gasteiger partial charge in [0.25, 0.3) is 0 Å². The molecule has 3 aromatic rings. The van der Waals surface area contributed by atoms with Crippen molar-refractivity contribution in [1.29, 1.82) is 0 Å². The molecule has 1 amide bonds. The van der Waals surface area contributed by atoms with Crippen LogP contribution < -0.4 is 5.32 Å². The molecule has 2 heterocycles. The topological polar surface area (TPSA) is 70.7 Å². The highest BCUT2D eigenvalue weighted by Crippen LogP contribution is 2.25. The molecule has 0 aliphatic carbocycles. The third-order valence-corrected chi connectivity index (χ3v) is 5.34. The molecule has 2 aromatic heterocycles. The summed E-state index contributed by atoms with van der Waals surface area (Å²) in [6, 6.07) is 11.8. The number of thiophene rings is 1. The Morgan fingerprint density at radius 3 is 2.79 bits per heavy atom. The fraction of sp³-hybridized carbons (Fsp3) is 0.235. The van der Waals surface area contributed by atoms with Crippen LogP contribution in [0.3, 0.4) is 0 Å². The summed E-state index contributed by atoms with van der Waals surface area (Å²) in [5.74, 6) is 0.669. The van der Waals surface area contributed by atoms with Crippen molar-refractivity contribution in [1.82, 2.24) is 15.2 Å². The number of nitrogens with zero attached hydrogens (tertiary/aromatic N) is 2. The lowest BCUT2D eigenvalue weighted by atomic mass is 10.1. The smallest absolute Gasteiger partial charge is 0.237 e. The first-order valence-electron chi connectivity index (χ1n) is 7.68. The van der Waals surface area contributed by atoms with Gasteiger partial charge in [-0.3, -0.25) is 9.89 Å². The monoisotopic (exact) mass is 358 g/mol. The number of carbonyl (C=O) groups is 1. The number of hydrogen-bond donors (Lipinski definition) is 2. The largest absolute Gasteiger partial charge is 0.325 e. The van der Waals surface area contributed by atoms with Gasteiger partial charge < -0.3 is 5.32 Å². The molecule has 0 saturated carbocycles. The molecule has 7 heteroatoms. The predicted molar refractivity (Wildman–Crippen MR) is 99.5 cm³/mol. The van der Waals surface area contributed by atoms with Crippen LogP contribution in [-0.4, -0.2) is 26.3 Å². The molecular weight excluding hydrogens is 340 g/mol. The molecule has 1 aromatic carbocycles. The van der Waals surface area contributed by atoms with E-state index in [1.54, 1.807) is 11.3 Å². The first kappa shape index (κ1) is 16.7. The van der Waals surface area contributed by atoms with E-state index in [4.69, 9.17) is 0 Å². The molecule has 0 saturated heterocycles. The molecular formula is C17H18N4OS2. The highest BCUT2D eigenvalue weighted by Gasteiger charge is 2.17. The average Bonchev–Trinajstić information content (AvgIpc) is 3.26. The minimum absolute atomic E-state index is 0.0632. The molecule has 1 unspecified atom stereocenters. The van der Waals surface area contributed by atoms with Crippen molar-refractivity contribution < 1.29 is 4.79 Å². The molecule has 1 atom stereocenters. The Balaban J connectivity index is 1.59. The third kappa shape index (κ3) is 4.04. The minimum Gasteiger partial charge on any atom is -0.325 e. The van der Waals surface area contributed by atoms with Crippen molar-refractivity contribution in [3.63, 3.8) is 0 Å². The van der Waals surface area contributed by atoms with Crippen LogP contribution in [0.2, 0.25) is 0 Å². The molecule has 0 bridgehead atoms. The van der Waals surface area contributed by atoms with Gasteiger partial charge in [0.15, 0.2) is 5.82 Å². The lowest BCUT2D eigenvalue weighted by molar-refractivity contribution is -0.115. The average molecular weight is 358 g/mol. The third-order valence-electron chi connectivity index (χ3n) is 3.50. The van der Waals surface area contributed by atoms with Gasteiger partial charge in [0.1, 0.15) is 0 Å². The van der Waals surface area contributed by atoms with Gasteiger partial charge >= 0.3 is 0 Å². The summed E-state index contributed by atoms with van der Waals surface area (Å²) in [6.07, 6.45) is 0.984. The molecule has 0 fully saturated rings. The van der Waals surface area contributed by atoms with E-state index in [0.717, 1.165) is 22.8 Å². The SMILES string of the molecule is CCc1ccc(NC(=O)C(C)Sc2n[nH]c(-c3cccs3)n2)cc1. The second-order valence-electron chi connectivity index (χ2n) is 5.24. The van der Waals surface area contributed by atoms with Crippen molar-refractivity contribution in [2.45, 2.75) is 30.7 Å². The number of amides is 1. The lowest BCUT2D eigenvalue weighted by Gasteiger charge is -2.10. The van der Waals surface area contributed by atoms with Crippen molar-refractivity contribution in [3.8, 4) is 10.7 Å². The van der Waals surface area contributed by atoms with Gasteiger partial charge in [0.2, 0.25) is 11.1 Å². The fourth-order valence-electron chi connectivity index (χ4n) is 2.10. The number of aryl methyl sites for hydroxylation is 1. The Morgan fingerprint density at radius 2 is 2.12 bits per heavy atom. The molecule has 2 N–H and O–H groups in total. The van der Waals surface area contributed by atoms with E-state index in [9.17, 15) is 4.79 Å². The van der Waals surface area contributed by atoms with Crippen molar-refractivity contribution in [3.05, 3.63) is 47.3 Å². The maximum atomic E-state index is 12.3. The number of aromatic amines is 1. The van der Waals surface area contributed by atoms with E-state index in [1.807, 2.05) is 48.7 Å². The van der Waals surface area contributed by atoms with Crippen LogP contribution in [0.1, 0.15) is 19.4 Å². The number of aromatic nitrogens is 3. The number of carbonyl (C=O) groups excluding carboxylic acids is 1. The van der Waals surface area contributed by atoms with E-state index >= 15 is 0 Å². The minimum atomic E-state index is -0.289. The summed E-state index contributed by atoms with van der Waals surface area (Å²) >= 11 is 2.93. The van der Waals surface area contributed by atoms with Crippen molar-refractivity contribution in [2.75, 3.05) is 5.32 Å². The van der Waals surface area contributed by atoms with Crippen LogP contribution in [-0.2, 0) is 11.2 Å². The predicted octanol–water partition coefficient (Wildman–Crippen LogP) is 4.21. The lowest BCUT2D eigenvalue weighted by Crippen LogP contribution is -2.22. The van der Waals surface area contributed by atoms with Crippen LogP contribution in [0.15, 0.2) is 46.9 Å². The van der Waals surface area contributed by atoms with E-state index in [-0.39, 0.29) is 11.2 Å². The number of rotatable bonds is 6. The highest BCUT2D eigenvalue weighted by atomic mass is 32.2. The Bertz CT molecular complexity index is 796. The van der Waals surface area contributed by atoms with Crippen LogP contribution >= 0.6 is 23.1 Å². The first-order chi connectivity index (χ1) is 11.7. The standard InChI is InChI=1S/C17H18N4OS2/c1-3-12-6-8-13(9-7-12)18-16(22)11(2)24-17-19-15(20-21-17)14-5-4-10-23-14/h4-11H,3H2,1-2H3,(H,18,22)(H,19,20,21). The Morgan fingerprint density at radius 1 is 1.33 bits per heavy atom. The number of nitrogens with one attached hydrogen (secondary N) is 2. The summed E-state index contributed by atoms with van der Waals surface area (Å²) in [5.41, 5.74) is 2.05. The molecule has 5 nitrogen and oxygen atoms in total. The van der Waals surface area contributed by atoms with Gasteiger partial charge in [-0.1, -0.05) is 36.9 Å². The van der Waals surface area contributed by atoms with Crippen LogP contribution in [0, 0.1) is 0 Å². The van der Waals surface area contributed by atoms with E-state index in [0.29, 0.717) is 5.16 Å². The highest BCUT2D eigenvalue weighted by molar-refractivity contribution is 8.00. The molecule has 0 spiro atoms. The second-order valence-corrected chi connectivity index (χ2v) is 7.50.